The Hall–Kier alpha value is -2.20. The van der Waals surface area contributed by atoms with Crippen LogP contribution in [-0.2, 0) is 10.0 Å². The molecule has 0 amide bonds. The predicted molar refractivity (Wildman–Crippen MR) is 106 cm³/mol. The molecule has 6 heteroatoms. The smallest absolute Gasteiger partial charge is 0.243 e. The molecular weight excluding hydrogens is 358 g/mol. The molecule has 2 aromatic carbocycles. The van der Waals surface area contributed by atoms with Crippen LogP contribution in [0.4, 0.5) is 0 Å². The van der Waals surface area contributed by atoms with Crippen molar-refractivity contribution in [2.45, 2.75) is 31.7 Å². The zero-order valence-electron chi connectivity index (χ0n) is 16.0. The Morgan fingerprint density at radius 2 is 1.52 bits per heavy atom. The standard InChI is InChI=1S/C21H25N3O2S/c1-16-5-8-19(9-6-16)20(15-22)23-10-12-24(13-11-23)27(25,26)21-14-17(2)4-7-18(21)3/h4-9,14,20H,10-13H2,1-3H3. The summed E-state index contributed by atoms with van der Waals surface area (Å²) in [7, 11) is -3.52. The highest BCUT2D eigenvalue weighted by atomic mass is 32.2. The lowest BCUT2D eigenvalue weighted by Gasteiger charge is -2.36. The third-order valence-electron chi connectivity index (χ3n) is 5.12. The fourth-order valence-corrected chi connectivity index (χ4v) is 5.17. The minimum absolute atomic E-state index is 0.351. The van der Waals surface area contributed by atoms with Gasteiger partial charge in [-0.05, 0) is 43.5 Å². The summed E-state index contributed by atoms with van der Waals surface area (Å²) in [6.45, 7) is 7.59. The molecule has 0 N–H and O–H groups in total. The second-order valence-electron chi connectivity index (χ2n) is 7.15. The summed E-state index contributed by atoms with van der Waals surface area (Å²) in [5.74, 6) is 0. The predicted octanol–water partition coefficient (Wildman–Crippen LogP) is 3.18. The van der Waals surface area contributed by atoms with E-state index in [0.29, 0.717) is 31.1 Å². The summed E-state index contributed by atoms with van der Waals surface area (Å²) in [6.07, 6.45) is 0. The number of rotatable bonds is 4. The first-order valence-corrected chi connectivity index (χ1v) is 10.5. The second-order valence-corrected chi connectivity index (χ2v) is 9.06. The fourth-order valence-electron chi connectivity index (χ4n) is 3.44. The highest BCUT2D eigenvalue weighted by Gasteiger charge is 2.32. The third kappa shape index (κ3) is 4.06. The van der Waals surface area contributed by atoms with Crippen LogP contribution in [0.3, 0.4) is 0 Å². The van der Waals surface area contributed by atoms with Gasteiger partial charge in [0.25, 0.3) is 0 Å². The van der Waals surface area contributed by atoms with Crippen molar-refractivity contribution in [2.24, 2.45) is 0 Å². The summed E-state index contributed by atoms with van der Waals surface area (Å²) < 4.78 is 27.6. The van der Waals surface area contributed by atoms with Crippen LogP contribution >= 0.6 is 0 Å². The first kappa shape index (κ1) is 19.6. The Bertz CT molecular complexity index is 954. The van der Waals surface area contributed by atoms with Crippen LogP contribution in [0, 0.1) is 32.1 Å². The molecule has 1 saturated heterocycles. The Morgan fingerprint density at radius 3 is 2.11 bits per heavy atom. The van der Waals surface area contributed by atoms with Crippen LogP contribution in [-0.4, -0.2) is 43.8 Å². The normalized spacial score (nSPS) is 17.4. The van der Waals surface area contributed by atoms with Crippen molar-refractivity contribution in [2.75, 3.05) is 26.2 Å². The van der Waals surface area contributed by atoms with Crippen molar-refractivity contribution in [1.29, 1.82) is 5.26 Å². The lowest BCUT2D eigenvalue weighted by Crippen LogP contribution is -2.49. The molecule has 1 aliphatic rings. The molecule has 1 unspecified atom stereocenters. The van der Waals surface area contributed by atoms with Gasteiger partial charge in [0.05, 0.1) is 11.0 Å². The van der Waals surface area contributed by atoms with E-state index in [1.54, 1.807) is 6.07 Å². The first-order valence-electron chi connectivity index (χ1n) is 9.10. The quantitative estimate of drug-likeness (QED) is 0.813. The monoisotopic (exact) mass is 383 g/mol. The Morgan fingerprint density at radius 1 is 0.926 bits per heavy atom. The van der Waals surface area contributed by atoms with Gasteiger partial charge in [0.2, 0.25) is 10.0 Å². The fraction of sp³-hybridized carbons (Fsp3) is 0.381. The van der Waals surface area contributed by atoms with E-state index in [1.165, 1.54) is 4.31 Å². The molecule has 0 aromatic heterocycles. The summed E-state index contributed by atoms with van der Waals surface area (Å²) >= 11 is 0. The summed E-state index contributed by atoms with van der Waals surface area (Å²) in [5.41, 5.74) is 3.80. The molecule has 0 radical (unpaired) electrons. The maximum Gasteiger partial charge on any atom is 0.243 e. The molecular formula is C21H25N3O2S. The van der Waals surface area contributed by atoms with E-state index in [4.69, 9.17) is 0 Å². The van der Waals surface area contributed by atoms with Gasteiger partial charge < -0.3 is 0 Å². The molecule has 5 nitrogen and oxygen atoms in total. The lowest BCUT2D eigenvalue weighted by molar-refractivity contribution is 0.162. The van der Waals surface area contributed by atoms with Crippen LogP contribution in [0.15, 0.2) is 47.4 Å². The molecule has 3 rings (SSSR count). The van der Waals surface area contributed by atoms with Crippen LogP contribution in [0.25, 0.3) is 0 Å². The van der Waals surface area contributed by atoms with Gasteiger partial charge >= 0.3 is 0 Å². The average Bonchev–Trinajstić information content (AvgIpc) is 2.66. The summed E-state index contributed by atoms with van der Waals surface area (Å²) in [5, 5.41) is 9.65. The highest BCUT2D eigenvalue weighted by molar-refractivity contribution is 7.89. The molecule has 0 saturated carbocycles. The van der Waals surface area contributed by atoms with Crippen LogP contribution in [0.1, 0.15) is 28.3 Å². The van der Waals surface area contributed by atoms with E-state index in [-0.39, 0.29) is 6.04 Å². The number of piperazine rings is 1. The van der Waals surface area contributed by atoms with Crippen molar-refractivity contribution >= 4 is 10.0 Å². The molecule has 0 aliphatic carbocycles. The van der Waals surface area contributed by atoms with Gasteiger partial charge in [-0.25, -0.2) is 8.42 Å². The van der Waals surface area contributed by atoms with E-state index in [1.807, 2.05) is 57.2 Å². The zero-order chi connectivity index (χ0) is 19.6. The maximum atomic E-state index is 13.1. The van der Waals surface area contributed by atoms with Crippen molar-refractivity contribution in [1.82, 2.24) is 9.21 Å². The van der Waals surface area contributed by atoms with E-state index < -0.39 is 10.0 Å². The van der Waals surface area contributed by atoms with Crippen molar-refractivity contribution < 1.29 is 8.42 Å². The minimum atomic E-state index is -3.52. The molecule has 1 fully saturated rings. The van der Waals surface area contributed by atoms with E-state index in [2.05, 4.69) is 11.0 Å². The highest BCUT2D eigenvalue weighted by Crippen LogP contribution is 2.26. The molecule has 1 heterocycles. The molecule has 1 aliphatic heterocycles. The molecule has 0 bridgehead atoms. The van der Waals surface area contributed by atoms with Crippen LogP contribution in [0.2, 0.25) is 0 Å². The average molecular weight is 384 g/mol. The summed E-state index contributed by atoms with van der Waals surface area (Å²) in [6, 6.07) is 15.5. The van der Waals surface area contributed by atoms with E-state index in [0.717, 1.165) is 22.3 Å². The van der Waals surface area contributed by atoms with E-state index in [9.17, 15) is 13.7 Å². The Kier molecular flexibility index (Phi) is 5.66. The van der Waals surface area contributed by atoms with Crippen LogP contribution < -0.4 is 0 Å². The van der Waals surface area contributed by atoms with Gasteiger partial charge in [-0.15, -0.1) is 0 Å². The van der Waals surface area contributed by atoms with Crippen LogP contribution in [0.5, 0.6) is 0 Å². The topological polar surface area (TPSA) is 64.4 Å². The van der Waals surface area contributed by atoms with Gasteiger partial charge in [-0.3, -0.25) is 4.90 Å². The van der Waals surface area contributed by atoms with Gasteiger partial charge in [0.15, 0.2) is 0 Å². The SMILES string of the molecule is Cc1ccc(C(C#N)N2CCN(S(=O)(=O)c3cc(C)ccc3C)CC2)cc1. The molecule has 142 valence electrons. The second kappa shape index (κ2) is 7.81. The van der Waals surface area contributed by atoms with Gasteiger partial charge in [-0.2, -0.15) is 9.57 Å². The maximum absolute atomic E-state index is 13.1. The number of nitriles is 1. The summed E-state index contributed by atoms with van der Waals surface area (Å²) in [4.78, 5) is 2.44. The number of sulfonamides is 1. The van der Waals surface area contributed by atoms with Crippen molar-refractivity contribution in [3.05, 3.63) is 64.7 Å². The largest absolute Gasteiger partial charge is 0.282 e. The van der Waals surface area contributed by atoms with E-state index >= 15 is 0 Å². The molecule has 1 atom stereocenters. The number of benzene rings is 2. The minimum Gasteiger partial charge on any atom is -0.282 e. The zero-order valence-corrected chi connectivity index (χ0v) is 16.8. The number of hydrogen-bond donors (Lipinski definition) is 0. The number of hydrogen-bond acceptors (Lipinski definition) is 4. The Labute approximate surface area is 161 Å². The molecule has 0 spiro atoms. The van der Waals surface area contributed by atoms with Gasteiger partial charge in [0.1, 0.15) is 6.04 Å². The van der Waals surface area contributed by atoms with Gasteiger partial charge in [0, 0.05) is 26.2 Å². The van der Waals surface area contributed by atoms with Crippen molar-refractivity contribution in [3.63, 3.8) is 0 Å². The molecule has 2 aromatic rings. The van der Waals surface area contributed by atoms with Gasteiger partial charge in [-0.1, -0.05) is 42.0 Å². The molecule has 27 heavy (non-hydrogen) atoms. The third-order valence-corrected chi connectivity index (χ3v) is 7.16. The van der Waals surface area contributed by atoms with Crippen molar-refractivity contribution in [3.8, 4) is 6.07 Å². The lowest BCUT2D eigenvalue weighted by atomic mass is 10.0. The Balaban J connectivity index is 1.75. The first-order chi connectivity index (χ1) is 12.8. The number of nitrogens with zero attached hydrogens (tertiary/aromatic N) is 3. The number of aryl methyl sites for hydroxylation is 3.